The summed E-state index contributed by atoms with van der Waals surface area (Å²) in [4.78, 5) is 14.8. The number of hydrogen-bond donors (Lipinski definition) is 2. The van der Waals surface area contributed by atoms with Crippen molar-refractivity contribution in [3.63, 3.8) is 0 Å². The van der Waals surface area contributed by atoms with E-state index in [4.69, 9.17) is 10.8 Å². The number of carbonyl (C=O) groups is 1. The molecule has 0 aliphatic rings. The van der Waals surface area contributed by atoms with Crippen molar-refractivity contribution < 1.29 is 9.90 Å². The van der Waals surface area contributed by atoms with Crippen molar-refractivity contribution in [2.75, 3.05) is 0 Å². The van der Waals surface area contributed by atoms with Crippen LogP contribution in [-0.2, 0) is 4.79 Å². The van der Waals surface area contributed by atoms with Gasteiger partial charge in [0.05, 0.1) is 5.52 Å². The molecule has 0 saturated heterocycles. The molecule has 4 heteroatoms. The highest BCUT2D eigenvalue weighted by Crippen LogP contribution is 2.18. The zero-order valence-corrected chi connectivity index (χ0v) is 8.42. The second-order valence-electron chi connectivity index (χ2n) is 3.32. The van der Waals surface area contributed by atoms with Crippen LogP contribution in [0.1, 0.15) is 5.56 Å². The predicted molar refractivity (Wildman–Crippen MR) is 61.5 cm³/mol. The number of aromatic nitrogens is 1. The molecule has 2 rings (SSSR count). The molecule has 0 spiro atoms. The van der Waals surface area contributed by atoms with Gasteiger partial charge in [-0.1, -0.05) is 18.2 Å². The molecule has 4 nitrogen and oxygen atoms in total. The smallest absolute Gasteiger partial charge is 0.351 e. The van der Waals surface area contributed by atoms with Gasteiger partial charge in [0.2, 0.25) is 0 Å². The summed E-state index contributed by atoms with van der Waals surface area (Å²) in [5.74, 6) is -1.12. The Labute approximate surface area is 92.0 Å². The summed E-state index contributed by atoms with van der Waals surface area (Å²) in [6.07, 6.45) is 3.13. The maximum atomic E-state index is 10.6. The number of aliphatic carboxylic acids is 1. The second kappa shape index (κ2) is 4.02. The SMILES string of the molecule is N/C(=C/c1cccc2ncccc12)C(=O)O. The summed E-state index contributed by atoms with van der Waals surface area (Å²) in [6.45, 7) is 0. The van der Waals surface area contributed by atoms with Crippen LogP contribution >= 0.6 is 0 Å². The van der Waals surface area contributed by atoms with E-state index in [9.17, 15) is 4.79 Å². The number of nitrogens with zero attached hydrogens (tertiary/aromatic N) is 1. The quantitative estimate of drug-likeness (QED) is 0.745. The van der Waals surface area contributed by atoms with Crippen molar-refractivity contribution in [1.29, 1.82) is 0 Å². The van der Waals surface area contributed by atoms with Crippen molar-refractivity contribution in [3.8, 4) is 0 Å². The van der Waals surface area contributed by atoms with Crippen LogP contribution in [0.5, 0.6) is 0 Å². The molecule has 0 radical (unpaired) electrons. The average molecular weight is 214 g/mol. The van der Waals surface area contributed by atoms with Crippen LogP contribution in [0.3, 0.4) is 0 Å². The number of pyridine rings is 1. The third-order valence-corrected chi connectivity index (χ3v) is 2.24. The van der Waals surface area contributed by atoms with Gasteiger partial charge in [-0.15, -0.1) is 0 Å². The Morgan fingerprint density at radius 2 is 2.12 bits per heavy atom. The number of carboxylic acid groups (broad SMARTS) is 1. The highest BCUT2D eigenvalue weighted by atomic mass is 16.4. The van der Waals surface area contributed by atoms with E-state index < -0.39 is 5.97 Å². The Balaban J connectivity index is 2.61. The highest BCUT2D eigenvalue weighted by Gasteiger charge is 2.03. The topological polar surface area (TPSA) is 76.2 Å². The lowest BCUT2D eigenvalue weighted by molar-refractivity contribution is -0.132. The van der Waals surface area contributed by atoms with E-state index in [0.717, 1.165) is 16.5 Å². The number of carboxylic acids is 1. The monoisotopic (exact) mass is 214 g/mol. The normalized spacial score (nSPS) is 11.6. The van der Waals surface area contributed by atoms with Crippen molar-refractivity contribution >= 4 is 22.9 Å². The Morgan fingerprint density at radius 1 is 1.31 bits per heavy atom. The van der Waals surface area contributed by atoms with Crippen LogP contribution in [0.2, 0.25) is 0 Å². The van der Waals surface area contributed by atoms with E-state index in [1.807, 2.05) is 18.2 Å². The van der Waals surface area contributed by atoms with Gasteiger partial charge in [0.25, 0.3) is 0 Å². The lowest BCUT2D eigenvalue weighted by atomic mass is 10.1. The first-order valence-electron chi connectivity index (χ1n) is 4.72. The second-order valence-corrected chi connectivity index (χ2v) is 3.32. The van der Waals surface area contributed by atoms with Gasteiger partial charge in [-0.2, -0.15) is 0 Å². The third-order valence-electron chi connectivity index (χ3n) is 2.24. The molecule has 3 N–H and O–H groups in total. The molecule has 0 unspecified atom stereocenters. The Morgan fingerprint density at radius 3 is 2.88 bits per heavy atom. The summed E-state index contributed by atoms with van der Waals surface area (Å²) in [5.41, 5.74) is 6.77. The molecule has 1 heterocycles. The van der Waals surface area contributed by atoms with Gasteiger partial charge < -0.3 is 10.8 Å². The molecule has 0 bridgehead atoms. The zero-order chi connectivity index (χ0) is 11.5. The average Bonchev–Trinajstić information content (AvgIpc) is 2.29. The van der Waals surface area contributed by atoms with E-state index in [-0.39, 0.29) is 5.70 Å². The van der Waals surface area contributed by atoms with E-state index in [0.29, 0.717) is 0 Å². The maximum Gasteiger partial charge on any atom is 0.351 e. The Hall–Kier alpha value is -2.36. The van der Waals surface area contributed by atoms with E-state index in [2.05, 4.69) is 4.98 Å². The minimum atomic E-state index is -1.12. The first-order valence-corrected chi connectivity index (χ1v) is 4.72. The van der Waals surface area contributed by atoms with Crippen LogP contribution in [0, 0.1) is 0 Å². The number of benzene rings is 1. The van der Waals surface area contributed by atoms with Crippen LogP contribution in [0.25, 0.3) is 17.0 Å². The van der Waals surface area contributed by atoms with Crippen molar-refractivity contribution in [2.45, 2.75) is 0 Å². The third kappa shape index (κ3) is 1.86. The van der Waals surface area contributed by atoms with Crippen LogP contribution in [0.4, 0.5) is 0 Å². The standard InChI is InChI=1S/C12H10N2O2/c13-10(12(15)16)7-8-3-1-5-11-9(8)4-2-6-14-11/h1-7H,13H2,(H,15,16)/b10-7+. The molecule has 1 aromatic carbocycles. The van der Waals surface area contributed by atoms with Crippen LogP contribution in [-0.4, -0.2) is 16.1 Å². The van der Waals surface area contributed by atoms with Gasteiger partial charge in [0.1, 0.15) is 5.70 Å². The van der Waals surface area contributed by atoms with Crippen molar-refractivity contribution in [1.82, 2.24) is 4.98 Å². The molecule has 0 aliphatic heterocycles. The fraction of sp³-hybridized carbons (Fsp3) is 0. The van der Waals surface area contributed by atoms with Crippen LogP contribution in [0.15, 0.2) is 42.2 Å². The van der Waals surface area contributed by atoms with Gasteiger partial charge >= 0.3 is 5.97 Å². The lowest BCUT2D eigenvalue weighted by Gasteiger charge is -2.01. The summed E-state index contributed by atoms with van der Waals surface area (Å²) >= 11 is 0. The first kappa shape index (κ1) is 10.2. The molecule has 0 amide bonds. The van der Waals surface area contributed by atoms with Gasteiger partial charge in [-0.05, 0) is 23.8 Å². The summed E-state index contributed by atoms with van der Waals surface area (Å²) < 4.78 is 0. The van der Waals surface area contributed by atoms with Crippen LogP contribution < -0.4 is 5.73 Å². The minimum absolute atomic E-state index is 0.184. The zero-order valence-electron chi connectivity index (χ0n) is 8.42. The van der Waals surface area contributed by atoms with E-state index in [1.54, 1.807) is 18.3 Å². The Kier molecular flexibility index (Phi) is 2.55. The molecule has 0 atom stereocenters. The largest absolute Gasteiger partial charge is 0.477 e. The van der Waals surface area contributed by atoms with E-state index in [1.165, 1.54) is 6.08 Å². The number of rotatable bonds is 2. The van der Waals surface area contributed by atoms with E-state index >= 15 is 0 Å². The van der Waals surface area contributed by atoms with Crippen molar-refractivity contribution in [3.05, 3.63) is 47.8 Å². The lowest BCUT2D eigenvalue weighted by Crippen LogP contribution is -2.09. The van der Waals surface area contributed by atoms with Gasteiger partial charge in [-0.25, -0.2) is 4.79 Å². The fourth-order valence-electron chi connectivity index (χ4n) is 1.48. The summed E-state index contributed by atoms with van der Waals surface area (Å²) in [5, 5.41) is 9.59. The maximum absolute atomic E-state index is 10.6. The van der Waals surface area contributed by atoms with Gasteiger partial charge in [0.15, 0.2) is 0 Å². The molecule has 0 fully saturated rings. The number of fused-ring (bicyclic) bond motifs is 1. The Bertz CT molecular complexity index is 571. The number of nitrogens with two attached hydrogens (primary N) is 1. The first-order chi connectivity index (χ1) is 7.68. The molecular formula is C12H10N2O2. The fourth-order valence-corrected chi connectivity index (χ4v) is 1.48. The molecule has 16 heavy (non-hydrogen) atoms. The van der Waals surface area contributed by atoms with Gasteiger partial charge in [-0.3, -0.25) is 4.98 Å². The predicted octanol–water partition coefficient (Wildman–Crippen LogP) is 1.62. The molecular weight excluding hydrogens is 204 g/mol. The summed E-state index contributed by atoms with van der Waals surface area (Å²) in [7, 11) is 0. The minimum Gasteiger partial charge on any atom is -0.477 e. The molecule has 1 aromatic heterocycles. The van der Waals surface area contributed by atoms with Crippen molar-refractivity contribution in [2.24, 2.45) is 5.73 Å². The highest BCUT2D eigenvalue weighted by molar-refractivity contribution is 5.95. The number of hydrogen-bond acceptors (Lipinski definition) is 3. The molecule has 0 saturated carbocycles. The van der Waals surface area contributed by atoms with Gasteiger partial charge in [0, 0.05) is 11.6 Å². The molecule has 0 aliphatic carbocycles. The summed E-state index contributed by atoms with van der Waals surface area (Å²) in [6, 6.07) is 9.17. The molecule has 80 valence electrons. The molecule has 2 aromatic rings.